The molecule has 0 saturated heterocycles. The zero-order valence-electron chi connectivity index (χ0n) is 12.2. The van der Waals surface area contributed by atoms with Crippen LogP contribution in [0.1, 0.15) is 23.1 Å². The first-order valence-corrected chi connectivity index (χ1v) is 8.16. The minimum absolute atomic E-state index is 0.350. The molecule has 1 amide bonds. The van der Waals surface area contributed by atoms with Crippen molar-refractivity contribution < 1.29 is 14.7 Å². The standard InChI is InChI=1S/C16H13ClN2O3S/c1-8-7-23-16-13(8)14(9-2-4-10(17)5-3-9)18-11(6-12(20)21)15(22)19-16/h2-5,7,11H,6H2,1H3,(H,19,22)(H,20,21)/t11-/m0/s1. The number of rotatable bonds is 3. The zero-order chi connectivity index (χ0) is 16.6. The zero-order valence-corrected chi connectivity index (χ0v) is 13.7. The number of aliphatic imine (C=N–C) groups is 1. The van der Waals surface area contributed by atoms with Crippen LogP contribution in [0, 0.1) is 6.92 Å². The Morgan fingerprint density at radius 1 is 1.39 bits per heavy atom. The number of aryl methyl sites for hydroxylation is 1. The molecule has 0 aliphatic carbocycles. The summed E-state index contributed by atoms with van der Waals surface area (Å²) in [6.45, 7) is 1.93. The maximum Gasteiger partial charge on any atom is 0.306 e. The molecule has 2 heterocycles. The number of halogens is 1. The minimum Gasteiger partial charge on any atom is -0.481 e. The third-order valence-corrected chi connectivity index (χ3v) is 4.79. The van der Waals surface area contributed by atoms with Gasteiger partial charge in [-0.05, 0) is 30.0 Å². The molecule has 23 heavy (non-hydrogen) atoms. The van der Waals surface area contributed by atoms with Crippen molar-refractivity contribution in [3.8, 4) is 0 Å². The summed E-state index contributed by atoms with van der Waals surface area (Å²) >= 11 is 7.34. The number of carboxylic acids is 1. The Morgan fingerprint density at radius 3 is 2.74 bits per heavy atom. The first-order valence-electron chi connectivity index (χ1n) is 6.90. The molecule has 0 fully saturated rings. The molecule has 0 spiro atoms. The number of nitrogens with one attached hydrogen (secondary N) is 1. The van der Waals surface area contributed by atoms with E-state index in [1.807, 2.05) is 24.4 Å². The van der Waals surface area contributed by atoms with E-state index in [1.54, 1.807) is 12.1 Å². The number of carbonyl (C=O) groups excluding carboxylic acids is 1. The first kappa shape index (κ1) is 15.7. The lowest BCUT2D eigenvalue weighted by atomic mass is 10.0. The van der Waals surface area contributed by atoms with Crippen LogP contribution in [0.2, 0.25) is 5.02 Å². The van der Waals surface area contributed by atoms with Crippen molar-refractivity contribution >= 4 is 45.5 Å². The predicted molar refractivity (Wildman–Crippen MR) is 90.8 cm³/mol. The average Bonchev–Trinajstić information content (AvgIpc) is 2.78. The van der Waals surface area contributed by atoms with Gasteiger partial charge in [-0.3, -0.25) is 14.6 Å². The van der Waals surface area contributed by atoms with E-state index in [1.165, 1.54) is 11.3 Å². The fraction of sp³-hybridized carbons (Fsp3) is 0.188. The van der Waals surface area contributed by atoms with Gasteiger partial charge in [0.1, 0.15) is 11.0 Å². The number of hydrogen-bond donors (Lipinski definition) is 2. The van der Waals surface area contributed by atoms with Gasteiger partial charge in [0.05, 0.1) is 12.1 Å². The molecule has 1 aliphatic rings. The lowest BCUT2D eigenvalue weighted by Crippen LogP contribution is -2.27. The van der Waals surface area contributed by atoms with Crippen molar-refractivity contribution in [1.29, 1.82) is 0 Å². The Balaban J connectivity index is 2.16. The molecule has 1 atom stereocenters. The number of anilines is 1. The summed E-state index contributed by atoms with van der Waals surface area (Å²) < 4.78 is 0. The Hall–Kier alpha value is -2.18. The molecular weight excluding hydrogens is 336 g/mol. The predicted octanol–water partition coefficient (Wildman–Crippen LogP) is 3.34. The second-order valence-electron chi connectivity index (χ2n) is 5.21. The largest absolute Gasteiger partial charge is 0.481 e. The van der Waals surface area contributed by atoms with Crippen molar-refractivity contribution in [2.75, 3.05) is 5.32 Å². The molecule has 0 radical (unpaired) electrons. The summed E-state index contributed by atoms with van der Waals surface area (Å²) in [5.41, 5.74) is 3.22. The van der Waals surface area contributed by atoms with E-state index in [9.17, 15) is 9.59 Å². The molecule has 7 heteroatoms. The maximum atomic E-state index is 12.3. The Bertz CT molecular complexity index is 811. The summed E-state index contributed by atoms with van der Waals surface area (Å²) in [5, 5.41) is 15.0. The minimum atomic E-state index is -1.06. The van der Waals surface area contributed by atoms with E-state index in [2.05, 4.69) is 10.3 Å². The highest BCUT2D eigenvalue weighted by Gasteiger charge is 2.29. The number of carboxylic acid groups (broad SMARTS) is 1. The summed E-state index contributed by atoms with van der Waals surface area (Å²) in [6.07, 6.45) is -0.350. The van der Waals surface area contributed by atoms with Crippen molar-refractivity contribution in [3.05, 3.63) is 51.4 Å². The lowest BCUT2D eigenvalue weighted by Gasteiger charge is -2.09. The van der Waals surface area contributed by atoms with E-state index in [0.717, 1.165) is 16.7 Å². The van der Waals surface area contributed by atoms with Gasteiger partial charge < -0.3 is 10.4 Å². The fourth-order valence-corrected chi connectivity index (χ4v) is 3.51. The van der Waals surface area contributed by atoms with Crippen molar-refractivity contribution in [1.82, 2.24) is 0 Å². The molecule has 2 aromatic rings. The summed E-state index contributed by atoms with van der Waals surface area (Å²) in [7, 11) is 0. The highest BCUT2D eigenvalue weighted by atomic mass is 35.5. The number of amides is 1. The van der Waals surface area contributed by atoms with Gasteiger partial charge in [0.25, 0.3) is 0 Å². The molecular formula is C16H13ClN2O3S. The van der Waals surface area contributed by atoms with E-state index >= 15 is 0 Å². The molecule has 1 aromatic heterocycles. The van der Waals surface area contributed by atoms with E-state index in [4.69, 9.17) is 16.7 Å². The second kappa shape index (κ2) is 6.14. The van der Waals surface area contributed by atoms with E-state index in [0.29, 0.717) is 15.7 Å². The molecule has 0 unspecified atom stereocenters. The summed E-state index contributed by atoms with van der Waals surface area (Å²) in [4.78, 5) is 27.7. The third kappa shape index (κ3) is 3.13. The first-order chi connectivity index (χ1) is 11.0. The van der Waals surface area contributed by atoms with E-state index < -0.39 is 17.9 Å². The Morgan fingerprint density at radius 2 is 2.09 bits per heavy atom. The number of thiophene rings is 1. The molecule has 1 aromatic carbocycles. The molecule has 118 valence electrons. The topological polar surface area (TPSA) is 78.8 Å². The van der Waals surface area contributed by atoms with Crippen LogP contribution in [-0.4, -0.2) is 28.7 Å². The van der Waals surface area contributed by atoms with Gasteiger partial charge in [0.2, 0.25) is 5.91 Å². The SMILES string of the molecule is Cc1csc2c1C(c1ccc(Cl)cc1)=N[C@@H](CC(=O)O)C(=O)N2. The number of aliphatic carboxylic acids is 1. The number of benzene rings is 1. The van der Waals surface area contributed by atoms with Crippen LogP contribution < -0.4 is 5.32 Å². The third-order valence-electron chi connectivity index (χ3n) is 3.52. The monoisotopic (exact) mass is 348 g/mol. The normalized spacial score (nSPS) is 17.0. The number of hydrogen-bond acceptors (Lipinski definition) is 4. The van der Waals surface area contributed by atoms with Crippen LogP contribution in [0.15, 0.2) is 34.6 Å². The van der Waals surface area contributed by atoms with Gasteiger partial charge in [0.15, 0.2) is 0 Å². The van der Waals surface area contributed by atoms with Gasteiger partial charge in [0, 0.05) is 16.1 Å². The van der Waals surface area contributed by atoms with Gasteiger partial charge >= 0.3 is 5.97 Å². The Labute approximate surface area is 141 Å². The molecule has 0 bridgehead atoms. The van der Waals surface area contributed by atoms with Crippen molar-refractivity contribution in [2.24, 2.45) is 4.99 Å². The fourth-order valence-electron chi connectivity index (χ4n) is 2.44. The maximum absolute atomic E-state index is 12.3. The summed E-state index contributed by atoms with van der Waals surface area (Å²) in [6, 6.07) is 6.16. The quantitative estimate of drug-likeness (QED) is 0.892. The van der Waals surface area contributed by atoms with Gasteiger partial charge in [-0.25, -0.2) is 0 Å². The number of nitrogens with zero attached hydrogens (tertiary/aromatic N) is 1. The van der Waals surface area contributed by atoms with Gasteiger partial charge in [-0.15, -0.1) is 11.3 Å². The van der Waals surface area contributed by atoms with E-state index in [-0.39, 0.29) is 6.42 Å². The van der Waals surface area contributed by atoms with Gasteiger partial charge in [-0.2, -0.15) is 0 Å². The molecule has 1 aliphatic heterocycles. The van der Waals surface area contributed by atoms with Crippen molar-refractivity contribution in [3.63, 3.8) is 0 Å². The lowest BCUT2D eigenvalue weighted by molar-refractivity contribution is -0.138. The van der Waals surface area contributed by atoms with Crippen LogP contribution >= 0.6 is 22.9 Å². The molecule has 2 N–H and O–H groups in total. The molecule has 3 rings (SSSR count). The highest BCUT2D eigenvalue weighted by Crippen LogP contribution is 2.33. The van der Waals surface area contributed by atoms with Crippen LogP contribution in [-0.2, 0) is 9.59 Å². The highest BCUT2D eigenvalue weighted by molar-refractivity contribution is 7.15. The van der Waals surface area contributed by atoms with Crippen LogP contribution in [0.25, 0.3) is 0 Å². The smallest absolute Gasteiger partial charge is 0.306 e. The number of carbonyl (C=O) groups is 2. The molecule has 0 saturated carbocycles. The van der Waals surface area contributed by atoms with Crippen molar-refractivity contribution in [2.45, 2.75) is 19.4 Å². The average molecular weight is 349 g/mol. The molecule has 5 nitrogen and oxygen atoms in total. The van der Waals surface area contributed by atoms with Crippen LogP contribution in [0.3, 0.4) is 0 Å². The Kier molecular flexibility index (Phi) is 4.19. The van der Waals surface area contributed by atoms with Crippen LogP contribution in [0.5, 0.6) is 0 Å². The number of fused-ring (bicyclic) bond motifs is 1. The second-order valence-corrected chi connectivity index (χ2v) is 6.53. The summed E-state index contributed by atoms with van der Waals surface area (Å²) in [5.74, 6) is -1.47. The van der Waals surface area contributed by atoms with Gasteiger partial charge in [-0.1, -0.05) is 23.7 Å². The van der Waals surface area contributed by atoms with Crippen LogP contribution in [0.4, 0.5) is 5.00 Å².